The van der Waals surface area contributed by atoms with Gasteiger partial charge in [0.05, 0.1) is 0 Å². The largest absolute Gasteiger partial charge is 0.376 e. The van der Waals surface area contributed by atoms with E-state index >= 15 is 0 Å². The minimum absolute atomic E-state index is 0.762. The summed E-state index contributed by atoms with van der Waals surface area (Å²) >= 11 is 0. The lowest BCUT2D eigenvalue weighted by Crippen LogP contribution is -2.08. The standard InChI is InChI=1S/C15H16N2/c1-16-14-5-3-2-4-11(14)8-15(16)13-10-17-7-6-12(13)9-17/h2-5,8,10,12H,6-7,9H2,1H3. The molecule has 2 nitrogen and oxygen atoms in total. The van der Waals surface area contributed by atoms with E-state index in [0.29, 0.717) is 0 Å². The first-order valence-corrected chi connectivity index (χ1v) is 6.33. The summed E-state index contributed by atoms with van der Waals surface area (Å²) in [6, 6.07) is 11.0. The van der Waals surface area contributed by atoms with Crippen molar-refractivity contribution in [3.63, 3.8) is 0 Å². The molecule has 17 heavy (non-hydrogen) atoms. The van der Waals surface area contributed by atoms with Crippen LogP contribution in [0.15, 0.2) is 36.5 Å². The number of aromatic nitrogens is 1. The van der Waals surface area contributed by atoms with Crippen LogP contribution in [0.1, 0.15) is 12.1 Å². The second-order valence-electron chi connectivity index (χ2n) is 5.21. The highest BCUT2D eigenvalue weighted by Gasteiger charge is 2.32. The Balaban J connectivity index is 1.92. The van der Waals surface area contributed by atoms with Crippen molar-refractivity contribution in [1.29, 1.82) is 0 Å². The van der Waals surface area contributed by atoms with Crippen molar-refractivity contribution in [2.75, 3.05) is 13.1 Å². The van der Waals surface area contributed by atoms with Gasteiger partial charge in [0.15, 0.2) is 0 Å². The summed E-state index contributed by atoms with van der Waals surface area (Å²) in [6.45, 7) is 2.48. The number of aryl methyl sites for hydroxylation is 1. The summed E-state index contributed by atoms with van der Waals surface area (Å²) in [5, 5.41) is 1.35. The zero-order chi connectivity index (χ0) is 11.4. The Labute approximate surface area is 101 Å². The van der Waals surface area contributed by atoms with Gasteiger partial charge >= 0.3 is 0 Å². The maximum Gasteiger partial charge on any atom is 0.0482 e. The SMILES string of the molecule is Cn1c(C2=CN3CCC2C3)cc2ccccc21. The van der Waals surface area contributed by atoms with E-state index in [0.717, 1.165) is 5.92 Å². The molecular weight excluding hydrogens is 208 g/mol. The third kappa shape index (κ3) is 1.21. The first-order chi connectivity index (χ1) is 8.33. The van der Waals surface area contributed by atoms with E-state index in [-0.39, 0.29) is 0 Å². The number of benzene rings is 1. The number of fused-ring (bicyclic) bond motifs is 3. The molecule has 0 N–H and O–H groups in total. The summed E-state index contributed by atoms with van der Waals surface area (Å²) < 4.78 is 2.34. The second-order valence-corrected chi connectivity index (χ2v) is 5.21. The molecule has 1 atom stereocenters. The average Bonchev–Trinajstić information content (AvgIpc) is 3.03. The molecule has 2 bridgehead atoms. The van der Waals surface area contributed by atoms with Gasteiger partial charge in [-0.3, -0.25) is 0 Å². The molecule has 86 valence electrons. The lowest BCUT2D eigenvalue weighted by Gasteiger charge is -2.14. The highest BCUT2D eigenvalue weighted by molar-refractivity contribution is 5.86. The van der Waals surface area contributed by atoms with Crippen molar-refractivity contribution >= 4 is 16.5 Å². The maximum atomic E-state index is 2.46. The summed E-state index contributed by atoms with van der Waals surface area (Å²) in [5.74, 6) is 0.762. The number of rotatable bonds is 1. The number of nitrogens with zero attached hydrogens (tertiary/aromatic N) is 2. The average molecular weight is 224 g/mol. The van der Waals surface area contributed by atoms with Crippen LogP contribution < -0.4 is 0 Å². The van der Waals surface area contributed by atoms with E-state index in [1.807, 2.05) is 0 Å². The van der Waals surface area contributed by atoms with Crippen LogP contribution in [0.25, 0.3) is 16.5 Å². The zero-order valence-electron chi connectivity index (χ0n) is 10.1. The van der Waals surface area contributed by atoms with Crippen LogP contribution in [-0.4, -0.2) is 22.6 Å². The minimum atomic E-state index is 0.762. The van der Waals surface area contributed by atoms with Crippen LogP contribution in [0.4, 0.5) is 0 Å². The zero-order valence-corrected chi connectivity index (χ0v) is 10.1. The van der Waals surface area contributed by atoms with Gasteiger partial charge in [-0.05, 0) is 24.1 Å². The van der Waals surface area contributed by atoms with Crippen molar-refractivity contribution in [2.24, 2.45) is 13.0 Å². The van der Waals surface area contributed by atoms with Gasteiger partial charge < -0.3 is 9.47 Å². The molecule has 1 unspecified atom stereocenters. The summed E-state index contributed by atoms with van der Waals surface area (Å²) in [6.07, 6.45) is 3.69. The highest BCUT2D eigenvalue weighted by Crippen LogP contribution is 2.39. The van der Waals surface area contributed by atoms with Crippen molar-refractivity contribution in [2.45, 2.75) is 6.42 Å². The van der Waals surface area contributed by atoms with Crippen molar-refractivity contribution in [1.82, 2.24) is 9.47 Å². The van der Waals surface area contributed by atoms with E-state index in [2.05, 4.69) is 53.0 Å². The Morgan fingerprint density at radius 2 is 2.12 bits per heavy atom. The van der Waals surface area contributed by atoms with Crippen LogP contribution in [0.5, 0.6) is 0 Å². The Morgan fingerprint density at radius 3 is 2.82 bits per heavy atom. The third-order valence-corrected chi connectivity index (χ3v) is 4.23. The van der Waals surface area contributed by atoms with Crippen molar-refractivity contribution in [3.8, 4) is 0 Å². The van der Waals surface area contributed by atoms with E-state index in [4.69, 9.17) is 0 Å². The molecule has 1 fully saturated rings. The van der Waals surface area contributed by atoms with Gasteiger partial charge in [0.1, 0.15) is 0 Å². The van der Waals surface area contributed by atoms with E-state index in [9.17, 15) is 0 Å². The lowest BCUT2D eigenvalue weighted by molar-refractivity contribution is 0.479. The first kappa shape index (κ1) is 9.34. The highest BCUT2D eigenvalue weighted by atomic mass is 15.2. The van der Waals surface area contributed by atoms with Gasteiger partial charge in [0, 0.05) is 48.9 Å². The number of hydrogen-bond acceptors (Lipinski definition) is 1. The van der Waals surface area contributed by atoms with Crippen LogP contribution >= 0.6 is 0 Å². The second kappa shape index (κ2) is 3.16. The molecule has 3 heterocycles. The molecule has 1 aromatic heterocycles. The molecule has 2 aliphatic rings. The molecule has 4 rings (SSSR count). The van der Waals surface area contributed by atoms with Gasteiger partial charge in [-0.15, -0.1) is 0 Å². The van der Waals surface area contributed by atoms with Crippen LogP contribution in [0.3, 0.4) is 0 Å². The molecule has 0 amide bonds. The molecule has 0 aliphatic carbocycles. The maximum absolute atomic E-state index is 2.46. The quantitative estimate of drug-likeness (QED) is 0.723. The fourth-order valence-corrected chi connectivity index (χ4v) is 3.30. The van der Waals surface area contributed by atoms with E-state index in [1.54, 1.807) is 0 Å². The fraction of sp³-hybridized carbons (Fsp3) is 0.333. The predicted octanol–water partition coefficient (Wildman–Crippen LogP) is 2.85. The topological polar surface area (TPSA) is 8.17 Å². The smallest absolute Gasteiger partial charge is 0.0482 e. The van der Waals surface area contributed by atoms with Crippen LogP contribution in [0, 0.1) is 5.92 Å². The monoisotopic (exact) mass is 224 g/mol. The molecule has 1 aromatic carbocycles. The van der Waals surface area contributed by atoms with Gasteiger partial charge in [-0.2, -0.15) is 0 Å². The third-order valence-electron chi connectivity index (χ3n) is 4.23. The molecule has 2 aliphatic heterocycles. The Kier molecular flexibility index (Phi) is 1.74. The Hall–Kier alpha value is -1.70. The summed E-state index contributed by atoms with van der Waals surface area (Å²) in [5.41, 5.74) is 4.27. The van der Waals surface area contributed by atoms with Gasteiger partial charge in [0.2, 0.25) is 0 Å². The molecular formula is C15H16N2. The Bertz CT molecular complexity index is 621. The first-order valence-electron chi connectivity index (χ1n) is 6.33. The molecule has 2 aromatic rings. The Morgan fingerprint density at radius 1 is 1.24 bits per heavy atom. The van der Waals surface area contributed by atoms with Gasteiger partial charge in [-0.25, -0.2) is 0 Å². The molecule has 0 spiro atoms. The minimum Gasteiger partial charge on any atom is -0.376 e. The molecule has 2 heteroatoms. The molecule has 0 radical (unpaired) electrons. The number of para-hydroxylation sites is 1. The van der Waals surface area contributed by atoms with Crippen LogP contribution in [0.2, 0.25) is 0 Å². The summed E-state index contributed by atoms with van der Waals surface area (Å²) in [4.78, 5) is 2.46. The van der Waals surface area contributed by atoms with Crippen LogP contribution in [-0.2, 0) is 7.05 Å². The number of hydrogen-bond donors (Lipinski definition) is 0. The van der Waals surface area contributed by atoms with Crippen molar-refractivity contribution < 1.29 is 0 Å². The van der Waals surface area contributed by atoms with E-state index < -0.39 is 0 Å². The van der Waals surface area contributed by atoms with Crippen molar-refractivity contribution in [3.05, 3.63) is 42.2 Å². The fourth-order valence-electron chi connectivity index (χ4n) is 3.30. The molecule has 1 saturated heterocycles. The van der Waals surface area contributed by atoms with Gasteiger partial charge in [0.25, 0.3) is 0 Å². The summed E-state index contributed by atoms with van der Waals surface area (Å²) in [7, 11) is 2.18. The van der Waals surface area contributed by atoms with E-state index in [1.165, 1.54) is 41.7 Å². The lowest BCUT2D eigenvalue weighted by atomic mass is 9.97. The normalized spacial score (nSPS) is 22.5. The predicted molar refractivity (Wildman–Crippen MR) is 70.6 cm³/mol. The molecule has 0 saturated carbocycles. The van der Waals surface area contributed by atoms with Gasteiger partial charge in [-0.1, -0.05) is 18.2 Å².